The second-order valence-corrected chi connectivity index (χ2v) is 7.58. The van der Waals surface area contributed by atoms with Gasteiger partial charge in [-0.2, -0.15) is 0 Å². The molecule has 0 heterocycles. The first-order valence-electron chi connectivity index (χ1n) is 8.45. The van der Waals surface area contributed by atoms with Gasteiger partial charge in [0, 0.05) is 30.2 Å². The molecule has 7 heteroatoms. The Morgan fingerprint density at radius 2 is 1.59 bits per heavy atom. The summed E-state index contributed by atoms with van der Waals surface area (Å²) in [5.74, 6) is 1.02. The number of carbonyl (C=O) groups is 1. The zero-order valence-corrected chi connectivity index (χ0v) is 18.3. The van der Waals surface area contributed by atoms with Crippen molar-refractivity contribution in [2.45, 2.75) is 6.54 Å². The van der Waals surface area contributed by atoms with E-state index in [0.29, 0.717) is 39.6 Å². The summed E-state index contributed by atoms with van der Waals surface area (Å²) in [6, 6.07) is 11.0. The second kappa shape index (κ2) is 9.97. The Kier molecular flexibility index (Phi) is 7.95. The summed E-state index contributed by atoms with van der Waals surface area (Å²) in [4.78, 5) is 17.1. The zero-order chi connectivity index (χ0) is 20.0. The number of methoxy groups -OCH3 is 2. The highest BCUT2D eigenvalue weighted by Crippen LogP contribution is 2.36. The lowest BCUT2D eigenvalue weighted by molar-refractivity contribution is 0.0731. The van der Waals surface area contributed by atoms with E-state index < -0.39 is 0 Å². The summed E-state index contributed by atoms with van der Waals surface area (Å²) in [7, 11) is 7.09. The van der Waals surface area contributed by atoms with Crippen LogP contribution in [-0.4, -0.2) is 57.1 Å². The molecule has 0 aliphatic heterocycles. The summed E-state index contributed by atoms with van der Waals surface area (Å²) >= 11 is 9.41. The van der Waals surface area contributed by atoms with Crippen LogP contribution in [0.5, 0.6) is 11.5 Å². The number of benzene rings is 2. The van der Waals surface area contributed by atoms with Gasteiger partial charge in [-0.05, 0) is 59.9 Å². The zero-order valence-electron chi connectivity index (χ0n) is 16.0. The molecular formula is C20H24BrClN2O3. The van der Waals surface area contributed by atoms with Crippen LogP contribution in [0.15, 0.2) is 40.9 Å². The first-order valence-corrected chi connectivity index (χ1v) is 9.62. The number of amides is 1. The monoisotopic (exact) mass is 454 g/mol. The van der Waals surface area contributed by atoms with Crippen molar-refractivity contribution < 1.29 is 14.3 Å². The lowest BCUT2D eigenvalue weighted by Gasteiger charge is -2.25. The van der Waals surface area contributed by atoms with E-state index in [2.05, 4.69) is 15.9 Å². The van der Waals surface area contributed by atoms with Gasteiger partial charge in [0.2, 0.25) is 0 Å². The minimum absolute atomic E-state index is 0.0871. The Morgan fingerprint density at radius 1 is 1.04 bits per heavy atom. The van der Waals surface area contributed by atoms with E-state index >= 15 is 0 Å². The fourth-order valence-electron chi connectivity index (χ4n) is 2.56. The number of likely N-dealkylation sites (N-methyl/N-ethyl adjacent to an activating group) is 1. The van der Waals surface area contributed by atoms with Crippen LogP contribution in [0.2, 0.25) is 5.02 Å². The normalized spacial score (nSPS) is 10.8. The van der Waals surface area contributed by atoms with Crippen LogP contribution < -0.4 is 9.47 Å². The molecule has 27 heavy (non-hydrogen) atoms. The molecule has 0 atom stereocenters. The standard InChI is InChI=1S/C20H24BrClN2O3/c1-23(2)9-10-24(13-14-5-7-16(22)8-6-14)20(25)15-11-17(26-3)19(21)18(12-15)27-4/h5-8,11-12H,9-10,13H2,1-4H3. The molecule has 0 aliphatic carbocycles. The van der Waals surface area contributed by atoms with Crippen LogP contribution in [0.25, 0.3) is 0 Å². The van der Waals surface area contributed by atoms with Gasteiger partial charge in [-0.15, -0.1) is 0 Å². The lowest BCUT2D eigenvalue weighted by atomic mass is 10.1. The molecule has 1 amide bonds. The Hall–Kier alpha value is -1.76. The third kappa shape index (κ3) is 5.86. The fraction of sp³-hybridized carbons (Fsp3) is 0.350. The van der Waals surface area contributed by atoms with Crippen LogP contribution in [-0.2, 0) is 6.54 Å². The summed E-state index contributed by atoms with van der Waals surface area (Å²) in [6.07, 6.45) is 0. The molecule has 0 saturated carbocycles. The van der Waals surface area contributed by atoms with Gasteiger partial charge in [-0.1, -0.05) is 23.7 Å². The highest BCUT2D eigenvalue weighted by atomic mass is 79.9. The van der Waals surface area contributed by atoms with E-state index in [-0.39, 0.29) is 5.91 Å². The van der Waals surface area contributed by atoms with Crippen LogP contribution in [0.1, 0.15) is 15.9 Å². The highest BCUT2D eigenvalue weighted by Gasteiger charge is 2.20. The minimum Gasteiger partial charge on any atom is -0.495 e. The molecule has 146 valence electrons. The molecule has 0 spiro atoms. The molecule has 2 aromatic carbocycles. The van der Waals surface area contributed by atoms with Crippen LogP contribution in [0.3, 0.4) is 0 Å². The summed E-state index contributed by atoms with van der Waals surface area (Å²) in [6.45, 7) is 1.84. The van der Waals surface area contributed by atoms with E-state index in [1.54, 1.807) is 26.4 Å². The van der Waals surface area contributed by atoms with Crippen molar-refractivity contribution in [2.24, 2.45) is 0 Å². The Morgan fingerprint density at radius 3 is 2.07 bits per heavy atom. The number of halogens is 2. The smallest absolute Gasteiger partial charge is 0.254 e. The number of nitrogens with zero attached hydrogens (tertiary/aromatic N) is 2. The molecule has 0 saturated heterocycles. The number of hydrogen-bond donors (Lipinski definition) is 0. The Bertz CT molecular complexity index is 756. The minimum atomic E-state index is -0.0871. The summed E-state index contributed by atoms with van der Waals surface area (Å²) in [5, 5.41) is 0.673. The van der Waals surface area contributed by atoms with Gasteiger partial charge in [0.05, 0.1) is 14.2 Å². The van der Waals surface area contributed by atoms with Crippen LogP contribution in [0.4, 0.5) is 0 Å². The molecule has 5 nitrogen and oxygen atoms in total. The van der Waals surface area contributed by atoms with Crippen molar-refractivity contribution in [3.63, 3.8) is 0 Å². The van der Waals surface area contributed by atoms with Gasteiger partial charge in [0.25, 0.3) is 5.91 Å². The molecule has 2 aromatic rings. The van der Waals surface area contributed by atoms with Crippen LogP contribution >= 0.6 is 27.5 Å². The van der Waals surface area contributed by atoms with Gasteiger partial charge in [-0.3, -0.25) is 4.79 Å². The molecular weight excluding hydrogens is 432 g/mol. The average molecular weight is 456 g/mol. The van der Waals surface area contributed by atoms with Gasteiger partial charge < -0.3 is 19.3 Å². The average Bonchev–Trinajstić information content (AvgIpc) is 2.66. The molecule has 0 N–H and O–H groups in total. The number of carbonyl (C=O) groups excluding carboxylic acids is 1. The SMILES string of the molecule is COc1cc(C(=O)N(CCN(C)C)Cc2ccc(Cl)cc2)cc(OC)c1Br. The highest BCUT2D eigenvalue weighted by molar-refractivity contribution is 9.10. The van der Waals surface area contributed by atoms with E-state index in [1.807, 2.05) is 48.2 Å². The van der Waals surface area contributed by atoms with E-state index in [1.165, 1.54) is 0 Å². The summed E-state index contributed by atoms with van der Waals surface area (Å²) < 4.78 is 11.4. The molecule has 0 radical (unpaired) electrons. The fourth-order valence-corrected chi connectivity index (χ4v) is 3.24. The van der Waals surface area contributed by atoms with Crippen molar-refractivity contribution >= 4 is 33.4 Å². The van der Waals surface area contributed by atoms with Crippen molar-refractivity contribution in [1.82, 2.24) is 9.80 Å². The number of rotatable bonds is 8. The third-order valence-electron chi connectivity index (χ3n) is 4.08. The summed E-state index contributed by atoms with van der Waals surface area (Å²) in [5.41, 5.74) is 1.53. The third-order valence-corrected chi connectivity index (χ3v) is 5.12. The predicted octanol–water partition coefficient (Wildman–Crippen LogP) is 4.32. The van der Waals surface area contributed by atoms with Gasteiger partial charge >= 0.3 is 0 Å². The number of hydrogen-bond acceptors (Lipinski definition) is 4. The van der Waals surface area contributed by atoms with Crippen LogP contribution in [0, 0.1) is 0 Å². The van der Waals surface area contributed by atoms with Gasteiger partial charge in [0.15, 0.2) is 0 Å². The maximum Gasteiger partial charge on any atom is 0.254 e. The first kappa shape index (κ1) is 21.5. The topological polar surface area (TPSA) is 42.0 Å². The molecule has 2 rings (SSSR count). The first-order chi connectivity index (χ1) is 12.8. The van der Waals surface area contributed by atoms with Gasteiger partial charge in [0.1, 0.15) is 16.0 Å². The Labute approximate surface area is 173 Å². The lowest BCUT2D eigenvalue weighted by Crippen LogP contribution is -2.36. The van der Waals surface area contributed by atoms with Crippen molar-refractivity contribution in [3.8, 4) is 11.5 Å². The Balaban J connectivity index is 2.33. The van der Waals surface area contributed by atoms with E-state index in [4.69, 9.17) is 21.1 Å². The molecule has 0 unspecified atom stereocenters. The van der Waals surface area contributed by atoms with Crippen molar-refractivity contribution in [2.75, 3.05) is 41.4 Å². The van der Waals surface area contributed by atoms with Crippen molar-refractivity contribution in [3.05, 3.63) is 57.0 Å². The van der Waals surface area contributed by atoms with Crippen molar-refractivity contribution in [1.29, 1.82) is 0 Å². The quantitative estimate of drug-likeness (QED) is 0.594. The molecule has 0 aromatic heterocycles. The maximum absolute atomic E-state index is 13.2. The number of ether oxygens (including phenoxy) is 2. The molecule has 0 fully saturated rings. The van der Waals surface area contributed by atoms with E-state index in [9.17, 15) is 4.79 Å². The second-order valence-electron chi connectivity index (χ2n) is 6.35. The predicted molar refractivity (Wildman–Crippen MR) is 112 cm³/mol. The molecule has 0 bridgehead atoms. The maximum atomic E-state index is 13.2. The molecule has 0 aliphatic rings. The van der Waals surface area contributed by atoms with Gasteiger partial charge in [-0.25, -0.2) is 0 Å². The van der Waals surface area contributed by atoms with E-state index in [0.717, 1.165) is 12.1 Å². The largest absolute Gasteiger partial charge is 0.495 e.